The van der Waals surface area contributed by atoms with Gasteiger partial charge in [-0.2, -0.15) is 0 Å². The fourth-order valence-corrected chi connectivity index (χ4v) is 0.920. The quantitative estimate of drug-likeness (QED) is 0.613. The summed E-state index contributed by atoms with van der Waals surface area (Å²) in [4.78, 5) is 0. The SMILES string of the molecule is C=C(O)c1cccc(F)c1C. The van der Waals surface area contributed by atoms with Gasteiger partial charge in [-0.05, 0) is 18.6 Å². The lowest BCUT2D eigenvalue weighted by Crippen LogP contribution is -1.89. The van der Waals surface area contributed by atoms with Crippen molar-refractivity contribution >= 4 is 5.76 Å². The van der Waals surface area contributed by atoms with Gasteiger partial charge in [0, 0.05) is 5.56 Å². The van der Waals surface area contributed by atoms with Crippen LogP contribution in [0.25, 0.3) is 5.76 Å². The van der Waals surface area contributed by atoms with E-state index in [-0.39, 0.29) is 11.6 Å². The highest BCUT2D eigenvalue weighted by Gasteiger charge is 2.03. The highest BCUT2D eigenvalue weighted by atomic mass is 19.1. The lowest BCUT2D eigenvalue weighted by atomic mass is 10.1. The highest BCUT2D eigenvalue weighted by molar-refractivity contribution is 5.59. The maximum absolute atomic E-state index is 12.8. The van der Waals surface area contributed by atoms with Gasteiger partial charge in [-0.1, -0.05) is 18.7 Å². The Morgan fingerprint density at radius 1 is 1.55 bits per heavy atom. The van der Waals surface area contributed by atoms with Gasteiger partial charge in [0.15, 0.2) is 0 Å². The molecule has 0 amide bonds. The van der Waals surface area contributed by atoms with Crippen LogP contribution >= 0.6 is 0 Å². The standard InChI is InChI=1S/C9H9FO/c1-6-8(7(2)11)4-3-5-9(6)10/h3-5,11H,2H2,1H3. The fourth-order valence-electron chi connectivity index (χ4n) is 0.920. The molecule has 0 bridgehead atoms. The summed E-state index contributed by atoms with van der Waals surface area (Å²) in [5, 5.41) is 8.97. The predicted molar refractivity (Wildman–Crippen MR) is 42.8 cm³/mol. The van der Waals surface area contributed by atoms with Crippen LogP contribution in [0.3, 0.4) is 0 Å². The Morgan fingerprint density at radius 2 is 2.18 bits per heavy atom. The first-order valence-electron chi connectivity index (χ1n) is 3.26. The van der Waals surface area contributed by atoms with Crippen LogP contribution < -0.4 is 0 Å². The topological polar surface area (TPSA) is 20.2 Å². The van der Waals surface area contributed by atoms with Gasteiger partial charge in [0.1, 0.15) is 11.6 Å². The molecule has 0 spiro atoms. The number of rotatable bonds is 1. The minimum Gasteiger partial charge on any atom is -0.508 e. The summed E-state index contributed by atoms with van der Waals surface area (Å²) in [6.07, 6.45) is 0. The summed E-state index contributed by atoms with van der Waals surface area (Å²) in [5.41, 5.74) is 0.894. The predicted octanol–water partition coefficient (Wildman–Crippen LogP) is 2.66. The van der Waals surface area contributed by atoms with Crippen LogP contribution in [-0.2, 0) is 0 Å². The van der Waals surface area contributed by atoms with Crippen LogP contribution in [0.4, 0.5) is 4.39 Å². The van der Waals surface area contributed by atoms with Crippen LogP contribution in [0.5, 0.6) is 0 Å². The van der Waals surface area contributed by atoms with E-state index >= 15 is 0 Å². The number of aliphatic hydroxyl groups excluding tert-OH is 1. The molecule has 1 nitrogen and oxygen atoms in total. The maximum Gasteiger partial charge on any atom is 0.126 e. The summed E-state index contributed by atoms with van der Waals surface area (Å²) in [6.45, 7) is 4.92. The first-order chi connectivity index (χ1) is 5.13. The van der Waals surface area contributed by atoms with E-state index in [1.54, 1.807) is 19.1 Å². The summed E-state index contributed by atoms with van der Waals surface area (Å²) < 4.78 is 12.8. The Hall–Kier alpha value is -1.31. The van der Waals surface area contributed by atoms with Crippen LogP contribution in [0, 0.1) is 12.7 Å². The molecule has 2 heteroatoms. The van der Waals surface area contributed by atoms with E-state index in [0.717, 1.165) is 0 Å². The molecule has 1 rings (SSSR count). The molecule has 0 unspecified atom stereocenters. The molecule has 58 valence electrons. The Kier molecular flexibility index (Phi) is 1.94. The fraction of sp³-hybridized carbons (Fsp3) is 0.111. The third kappa shape index (κ3) is 1.40. The summed E-state index contributed by atoms with van der Waals surface area (Å²) in [7, 11) is 0. The van der Waals surface area contributed by atoms with Gasteiger partial charge in [0.25, 0.3) is 0 Å². The van der Waals surface area contributed by atoms with E-state index in [1.165, 1.54) is 6.07 Å². The molecule has 0 aliphatic rings. The molecule has 0 fully saturated rings. The van der Waals surface area contributed by atoms with Crippen molar-refractivity contribution in [2.75, 3.05) is 0 Å². The largest absolute Gasteiger partial charge is 0.508 e. The van der Waals surface area contributed by atoms with Crippen molar-refractivity contribution in [1.82, 2.24) is 0 Å². The molecule has 1 aromatic rings. The van der Waals surface area contributed by atoms with Gasteiger partial charge in [0.05, 0.1) is 0 Å². The van der Waals surface area contributed by atoms with E-state index in [9.17, 15) is 4.39 Å². The molecular formula is C9H9FO. The van der Waals surface area contributed by atoms with Crippen molar-refractivity contribution in [2.24, 2.45) is 0 Å². The first-order valence-corrected chi connectivity index (χ1v) is 3.26. The minimum absolute atomic E-state index is 0.0954. The summed E-state index contributed by atoms with van der Waals surface area (Å²) >= 11 is 0. The van der Waals surface area contributed by atoms with Crippen molar-refractivity contribution in [2.45, 2.75) is 6.92 Å². The van der Waals surface area contributed by atoms with Gasteiger partial charge in [-0.3, -0.25) is 0 Å². The zero-order valence-electron chi connectivity index (χ0n) is 6.26. The molecule has 0 aliphatic heterocycles. The Labute approximate surface area is 64.8 Å². The number of aliphatic hydroxyl groups is 1. The molecule has 0 saturated carbocycles. The van der Waals surface area contributed by atoms with Gasteiger partial charge in [0.2, 0.25) is 0 Å². The van der Waals surface area contributed by atoms with E-state index in [0.29, 0.717) is 11.1 Å². The van der Waals surface area contributed by atoms with Crippen molar-refractivity contribution in [3.8, 4) is 0 Å². The molecule has 0 aromatic heterocycles. The summed E-state index contributed by atoms with van der Waals surface area (Å²) in [5.74, 6) is -0.417. The van der Waals surface area contributed by atoms with Crippen molar-refractivity contribution in [1.29, 1.82) is 0 Å². The van der Waals surface area contributed by atoms with Crippen LogP contribution in [0.1, 0.15) is 11.1 Å². The highest BCUT2D eigenvalue weighted by Crippen LogP contribution is 2.16. The second kappa shape index (κ2) is 2.74. The average Bonchev–Trinajstić information content (AvgIpc) is 1.94. The monoisotopic (exact) mass is 152 g/mol. The summed E-state index contributed by atoms with van der Waals surface area (Å²) in [6, 6.07) is 4.52. The zero-order valence-corrected chi connectivity index (χ0v) is 6.26. The first kappa shape index (κ1) is 7.79. The number of hydrogen-bond donors (Lipinski definition) is 1. The molecule has 0 heterocycles. The van der Waals surface area contributed by atoms with E-state index in [4.69, 9.17) is 5.11 Å². The zero-order chi connectivity index (χ0) is 8.43. The maximum atomic E-state index is 12.8. The van der Waals surface area contributed by atoms with Gasteiger partial charge in [-0.15, -0.1) is 0 Å². The molecule has 0 radical (unpaired) electrons. The molecule has 1 aromatic carbocycles. The third-order valence-corrected chi connectivity index (χ3v) is 1.58. The van der Waals surface area contributed by atoms with Crippen molar-refractivity contribution < 1.29 is 9.50 Å². The minimum atomic E-state index is -0.322. The van der Waals surface area contributed by atoms with Crippen LogP contribution in [0.2, 0.25) is 0 Å². The lowest BCUT2D eigenvalue weighted by Gasteiger charge is -2.03. The molecular weight excluding hydrogens is 143 g/mol. The van der Waals surface area contributed by atoms with Crippen LogP contribution in [0.15, 0.2) is 24.8 Å². The van der Waals surface area contributed by atoms with E-state index in [1.807, 2.05) is 0 Å². The number of hydrogen-bond acceptors (Lipinski definition) is 1. The number of benzene rings is 1. The normalized spacial score (nSPS) is 9.64. The smallest absolute Gasteiger partial charge is 0.126 e. The van der Waals surface area contributed by atoms with Gasteiger partial charge < -0.3 is 5.11 Å². The third-order valence-electron chi connectivity index (χ3n) is 1.58. The van der Waals surface area contributed by atoms with Gasteiger partial charge >= 0.3 is 0 Å². The molecule has 0 saturated heterocycles. The second-order valence-electron chi connectivity index (χ2n) is 2.36. The second-order valence-corrected chi connectivity index (χ2v) is 2.36. The molecule has 11 heavy (non-hydrogen) atoms. The number of halogens is 1. The van der Waals surface area contributed by atoms with Crippen LogP contribution in [-0.4, -0.2) is 5.11 Å². The van der Waals surface area contributed by atoms with E-state index < -0.39 is 0 Å². The Morgan fingerprint density at radius 3 is 2.64 bits per heavy atom. The van der Waals surface area contributed by atoms with Crippen molar-refractivity contribution in [3.05, 3.63) is 41.7 Å². The Balaban J connectivity index is 3.27. The Bertz CT molecular complexity index is 292. The molecule has 0 atom stereocenters. The van der Waals surface area contributed by atoms with Crippen molar-refractivity contribution in [3.63, 3.8) is 0 Å². The molecule has 1 N–H and O–H groups in total. The van der Waals surface area contributed by atoms with E-state index in [2.05, 4.69) is 6.58 Å². The lowest BCUT2D eigenvalue weighted by molar-refractivity contribution is 0.511. The average molecular weight is 152 g/mol. The molecule has 0 aliphatic carbocycles. The van der Waals surface area contributed by atoms with Gasteiger partial charge in [-0.25, -0.2) is 4.39 Å².